The van der Waals surface area contributed by atoms with Gasteiger partial charge in [-0.3, -0.25) is 4.98 Å². The summed E-state index contributed by atoms with van der Waals surface area (Å²) in [6.07, 6.45) is 0. The zero-order valence-electron chi connectivity index (χ0n) is 10.8. The number of nitrogens with zero attached hydrogens (tertiary/aromatic N) is 1. The van der Waals surface area contributed by atoms with Crippen LogP contribution in [0.1, 0.15) is 5.69 Å². The summed E-state index contributed by atoms with van der Waals surface area (Å²) in [4.78, 5) is 4.44. The van der Waals surface area contributed by atoms with Gasteiger partial charge in [-0.05, 0) is 40.2 Å². The molecule has 2 nitrogen and oxygen atoms in total. The van der Waals surface area contributed by atoms with Crippen molar-refractivity contribution in [2.24, 2.45) is 0 Å². The highest BCUT2D eigenvalue weighted by atomic mass is 79.9. The summed E-state index contributed by atoms with van der Waals surface area (Å²) in [5.41, 5.74) is 1.50. The summed E-state index contributed by atoms with van der Waals surface area (Å²) in [7, 11) is 0. The molecule has 0 radical (unpaired) electrons. The van der Waals surface area contributed by atoms with E-state index in [0.29, 0.717) is 21.7 Å². The molecule has 2 aromatic carbocycles. The minimum Gasteiger partial charge on any atom is -0.455 e. The second-order valence-electron chi connectivity index (χ2n) is 4.44. The molecule has 1 heterocycles. The molecular weight excluding hydrogens is 357 g/mol. The summed E-state index contributed by atoms with van der Waals surface area (Å²) in [6, 6.07) is 13.7. The minimum atomic E-state index is -0.357. The molecule has 0 fully saturated rings. The van der Waals surface area contributed by atoms with E-state index < -0.39 is 0 Å². The first-order valence-electron chi connectivity index (χ1n) is 6.25. The third-order valence-electron chi connectivity index (χ3n) is 2.98. The SMILES string of the molecule is Fc1ccc(Br)c(Oc2cc(CCl)nc3ccccc23)c1. The Morgan fingerprint density at radius 1 is 1.10 bits per heavy atom. The molecule has 1 aromatic heterocycles. The monoisotopic (exact) mass is 365 g/mol. The molecule has 0 saturated heterocycles. The molecule has 0 aliphatic rings. The number of halogens is 3. The number of aromatic nitrogens is 1. The van der Waals surface area contributed by atoms with Crippen molar-refractivity contribution >= 4 is 38.4 Å². The number of hydrogen-bond donors (Lipinski definition) is 0. The van der Waals surface area contributed by atoms with Crippen LogP contribution in [0.4, 0.5) is 4.39 Å². The number of rotatable bonds is 3. The Kier molecular flexibility index (Phi) is 4.08. The first-order valence-corrected chi connectivity index (χ1v) is 7.57. The first kappa shape index (κ1) is 14.3. The van der Waals surface area contributed by atoms with Gasteiger partial charge in [-0.15, -0.1) is 11.6 Å². The van der Waals surface area contributed by atoms with Gasteiger partial charge in [0, 0.05) is 17.5 Å². The number of para-hydroxylation sites is 1. The fourth-order valence-corrected chi connectivity index (χ4v) is 2.49. The van der Waals surface area contributed by atoms with Crippen LogP contribution < -0.4 is 4.74 Å². The summed E-state index contributed by atoms with van der Waals surface area (Å²) in [5.74, 6) is 0.935. The molecule has 21 heavy (non-hydrogen) atoms. The van der Waals surface area contributed by atoms with Crippen LogP contribution in [-0.2, 0) is 5.88 Å². The van der Waals surface area contributed by atoms with Crippen LogP contribution in [0.3, 0.4) is 0 Å². The van der Waals surface area contributed by atoms with Gasteiger partial charge in [0.15, 0.2) is 0 Å². The topological polar surface area (TPSA) is 22.1 Å². The van der Waals surface area contributed by atoms with Crippen molar-refractivity contribution in [2.75, 3.05) is 0 Å². The fraction of sp³-hybridized carbons (Fsp3) is 0.0625. The lowest BCUT2D eigenvalue weighted by molar-refractivity contribution is 0.478. The van der Waals surface area contributed by atoms with E-state index in [2.05, 4.69) is 20.9 Å². The Hall–Kier alpha value is -1.65. The fourth-order valence-electron chi connectivity index (χ4n) is 2.02. The highest BCUT2D eigenvalue weighted by molar-refractivity contribution is 9.10. The third-order valence-corrected chi connectivity index (χ3v) is 3.91. The maximum Gasteiger partial charge on any atom is 0.144 e. The van der Waals surface area contributed by atoms with Gasteiger partial charge in [-0.1, -0.05) is 12.1 Å². The quantitative estimate of drug-likeness (QED) is 0.557. The second kappa shape index (κ2) is 6.00. The van der Waals surface area contributed by atoms with Gasteiger partial charge in [0.05, 0.1) is 21.6 Å². The van der Waals surface area contributed by atoms with Gasteiger partial charge in [0.2, 0.25) is 0 Å². The smallest absolute Gasteiger partial charge is 0.144 e. The lowest BCUT2D eigenvalue weighted by atomic mass is 10.2. The van der Waals surface area contributed by atoms with E-state index in [1.807, 2.05) is 24.3 Å². The molecule has 0 N–H and O–H groups in total. The largest absolute Gasteiger partial charge is 0.455 e. The Morgan fingerprint density at radius 3 is 2.71 bits per heavy atom. The number of ether oxygens (including phenoxy) is 1. The van der Waals surface area contributed by atoms with Crippen molar-refractivity contribution in [2.45, 2.75) is 5.88 Å². The van der Waals surface area contributed by atoms with Gasteiger partial charge in [0.1, 0.15) is 17.3 Å². The molecule has 0 spiro atoms. The highest BCUT2D eigenvalue weighted by Crippen LogP contribution is 2.34. The zero-order chi connectivity index (χ0) is 14.8. The lowest BCUT2D eigenvalue weighted by Gasteiger charge is -2.11. The molecule has 0 aliphatic carbocycles. The predicted molar refractivity (Wildman–Crippen MR) is 85.5 cm³/mol. The molecule has 0 aliphatic heterocycles. The Labute approximate surface area is 134 Å². The maximum atomic E-state index is 13.4. The molecule has 5 heteroatoms. The third kappa shape index (κ3) is 3.01. The number of benzene rings is 2. The van der Waals surface area contributed by atoms with Gasteiger partial charge in [0.25, 0.3) is 0 Å². The molecular formula is C16H10BrClFNO. The summed E-state index contributed by atoms with van der Waals surface area (Å²) < 4.78 is 19.9. The number of hydrogen-bond acceptors (Lipinski definition) is 2. The average molecular weight is 367 g/mol. The van der Waals surface area contributed by atoms with Gasteiger partial charge < -0.3 is 4.74 Å². The Bertz CT molecular complexity index is 809. The second-order valence-corrected chi connectivity index (χ2v) is 5.56. The van der Waals surface area contributed by atoms with E-state index in [4.69, 9.17) is 16.3 Å². The predicted octanol–water partition coefficient (Wildman–Crippen LogP) is 5.67. The van der Waals surface area contributed by atoms with Crippen LogP contribution in [0.2, 0.25) is 0 Å². The first-order chi connectivity index (χ1) is 10.2. The van der Waals surface area contributed by atoms with Crippen LogP contribution >= 0.6 is 27.5 Å². The van der Waals surface area contributed by atoms with Gasteiger partial charge in [-0.2, -0.15) is 0 Å². The van der Waals surface area contributed by atoms with Crippen LogP contribution in [0, 0.1) is 5.82 Å². The molecule has 106 valence electrons. The van der Waals surface area contributed by atoms with Gasteiger partial charge >= 0.3 is 0 Å². The Morgan fingerprint density at radius 2 is 1.90 bits per heavy atom. The van der Waals surface area contributed by atoms with Crippen molar-refractivity contribution in [3.8, 4) is 11.5 Å². The summed E-state index contributed by atoms with van der Waals surface area (Å²) >= 11 is 9.23. The van der Waals surface area contributed by atoms with Crippen molar-refractivity contribution in [1.29, 1.82) is 0 Å². The molecule has 3 aromatic rings. The summed E-state index contributed by atoms with van der Waals surface area (Å²) in [5, 5.41) is 0.850. The van der Waals surface area contributed by atoms with E-state index in [9.17, 15) is 4.39 Å². The minimum absolute atomic E-state index is 0.283. The Balaban J connectivity index is 2.13. The summed E-state index contributed by atoms with van der Waals surface area (Å²) in [6.45, 7) is 0. The van der Waals surface area contributed by atoms with Gasteiger partial charge in [-0.25, -0.2) is 4.39 Å². The van der Waals surface area contributed by atoms with Crippen LogP contribution in [0.25, 0.3) is 10.9 Å². The number of pyridine rings is 1. The van der Waals surface area contributed by atoms with E-state index >= 15 is 0 Å². The molecule has 0 amide bonds. The van der Waals surface area contributed by atoms with E-state index in [1.165, 1.54) is 12.1 Å². The number of alkyl halides is 1. The van der Waals surface area contributed by atoms with Crippen molar-refractivity contribution in [3.63, 3.8) is 0 Å². The highest BCUT2D eigenvalue weighted by Gasteiger charge is 2.10. The normalized spacial score (nSPS) is 10.8. The van der Waals surface area contributed by atoms with Crippen molar-refractivity contribution in [3.05, 3.63) is 64.5 Å². The maximum absolute atomic E-state index is 13.4. The van der Waals surface area contributed by atoms with Crippen LogP contribution in [0.5, 0.6) is 11.5 Å². The molecule has 0 unspecified atom stereocenters. The average Bonchev–Trinajstić information content (AvgIpc) is 2.50. The van der Waals surface area contributed by atoms with E-state index in [-0.39, 0.29) is 11.7 Å². The van der Waals surface area contributed by atoms with E-state index in [1.54, 1.807) is 12.1 Å². The lowest BCUT2D eigenvalue weighted by Crippen LogP contribution is -1.93. The van der Waals surface area contributed by atoms with Crippen molar-refractivity contribution < 1.29 is 9.13 Å². The molecule has 0 atom stereocenters. The molecule has 3 rings (SSSR count). The number of fused-ring (bicyclic) bond motifs is 1. The molecule has 0 bridgehead atoms. The van der Waals surface area contributed by atoms with Crippen LogP contribution in [0.15, 0.2) is 53.0 Å². The standard InChI is InChI=1S/C16H10BrClFNO/c17-13-6-5-10(19)7-16(13)21-15-8-11(9-18)20-14-4-2-1-3-12(14)15/h1-8H,9H2. The zero-order valence-corrected chi connectivity index (χ0v) is 13.2. The van der Waals surface area contributed by atoms with Crippen molar-refractivity contribution in [1.82, 2.24) is 4.98 Å². The van der Waals surface area contributed by atoms with Crippen LogP contribution in [-0.4, -0.2) is 4.98 Å². The van der Waals surface area contributed by atoms with E-state index in [0.717, 1.165) is 10.9 Å². The molecule has 0 saturated carbocycles.